The van der Waals surface area contributed by atoms with E-state index in [0.29, 0.717) is 6.54 Å². The van der Waals surface area contributed by atoms with Crippen molar-refractivity contribution in [2.24, 2.45) is 0 Å². The molecule has 2 aromatic carbocycles. The third-order valence-electron chi connectivity index (χ3n) is 7.29. The molecule has 5 rings (SSSR count). The Morgan fingerprint density at radius 3 is 2.69 bits per heavy atom. The van der Waals surface area contributed by atoms with E-state index in [1.165, 1.54) is 16.7 Å². The molecule has 1 amide bonds. The molecule has 3 aromatic rings. The summed E-state index contributed by atoms with van der Waals surface area (Å²) in [5.41, 5.74) is 6.52. The summed E-state index contributed by atoms with van der Waals surface area (Å²) in [7, 11) is 2.12. The van der Waals surface area contributed by atoms with Crippen molar-refractivity contribution in [1.82, 2.24) is 19.7 Å². The minimum absolute atomic E-state index is 0.0706. The van der Waals surface area contributed by atoms with Crippen LogP contribution in [0.25, 0.3) is 16.5 Å². The predicted molar refractivity (Wildman–Crippen MR) is 147 cm³/mol. The lowest BCUT2D eigenvalue weighted by molar-refractivity contribution is -0.117. The van der Waals surface area contributed by atoms with Gasteiger partial charge in [-0.05, 0) is 48.7 Å². The van der Waals surface area contributed by atoms with Crippen molar-refractivity contribution in [3.05, 3.63) is 108 Å². The van der Waals surface area contributed by atoms with Crippen LogP contribution in [0.5, 0.6) is 0 Å². The standard InChI is InChI=1S/C31H34N4O/c1-24(35(23-36)21-29-17-16-28-10-6-7-11-30(28)32-29)31-22-34(19-18-33(31)2)20-25-12-14-27(15-13-25)26-8-4-3-5-9-26/h4,6-17,23,31H,1,3,5,18-22H2,2H3. The van der Waals surface area contributed by atoms with E-state index in [1.54, 1.807) is 4.90 Å². The molecule has 1 fully saturated rings. The number of allylic oxidation sites excluding steroid dienone is 4. The number of carbonyl (C=O) groups excluding carboxylic acids is 1. The number of pyridine rings is 1. The summed E-state index contributed by atoms with van der Waals surface area (Å²) < 4.78 is 0. The smallest absolute Gasteiger partial charge is 0.214 e. The van der Waals surface area contributed by atoms with Crippen molar-refractivity contribution >= 4 is 22.9 Å². The van der Waals surface area contributed by atoms with E-state index in [9.17, 15) is 4.79 Å². The molecule has 1 atom stereocenters. The molecule has 0 spiro atoms. The van der Waals surface area contributed by atoms with Gasteiger partial charge in [0.15, 0.2) is 0 Å². The van der Waals surface area contributed by atoms with E-state index >= 15 is 0 Å². The number of benzene rings is 2. The van der Waals surface area contributed by atoms with Gasteiger partial charge in [0.05, 0.1) is 23.8 Å². The van der Waals surface area contributed by atoms with Crippen LogP contribution in [0.3, 0.4) is 0 Å². The molecule has 0 bridgehead atoms. The van der Waals surface area contributed by atoms with Gasteiger partial charge in [-0.15, -0.1) is 0 Å². The zero-order valence-electron chi connectivity index (χ0n) is 21.0. The maximum Gasteiger partial charge on any atom is 0.214 e. The third-order valence-corrected chi connectivity index (χ3v) is 7.29. The lowest BCUT2D eigenvalue weighted by Gasteiger charge is -2.42. The van der Waals surface area contributed by atoms with Crippen molar-refractivity contribution in [2.45, 2.75) is 32.0 Å². The average Bonchev–Trinajstić information content (AvgIpc) is 2.93. The van der Waals surface area contributed by atoms with E-state index in [1.807, 2.05) is 30.3 Å². The molecule has 184 valence electrons. The third kappa shape index (κ3) is 5.48. The van der Waals surface area contributed by atoms with Crippen LogP contribution in [0.1, 0.15) is 29.7 Å². The molecule has 1 saturated heterocycles. The Bertz CT molecular complexity index is 1290. The summed E-state index contributed by atoms with van der Waals surface area (Å²) in [6, 6.07) is 21.1. The summed E-state index contributed by atoms with van der Waals surface area (Å²) in [5, 5.41) is 1.10. The van der Waals surface area contributed by atoms with Gasteiger partial charge in [-0.1, -0.05) is 73.3 Å². The highest BCUT2D eigenvalue weighted by atomic mass is 16.1. The van der Waals surface area contributed by atoms with Crippen molar-refractivity contribution < 1.29 is 4.79 Å². The number of para-hydroxylation sites is 1. The molecule has 0 saturated carbocycles. The number of aromatic nitrogens is 1. The van der Waals surface area contributed by atoms with E-state index in [2.05, 4.69) is 72.0 Å². The van der Waals surface area contributed by atoms with Crippen molar-refractivity contribution in [1.29, 1.82) is 0 Å². The molecular formula is C31H34N4O. The molecule has 5 nitrogen and oxygen atoms in total. The topological polar surface area (TPSA) is 39.7 Å². The van der Waals surface area contributed by atoms with Crippen LogP contribution < -0.4 is 0 Å². The molecule has 36 heavy (non-hydrogen) atoms. The molecule has 1 aliphatic heterocycles. The second-order valence-corrected chi connectivity index (χ2v) is 9.79. The fourth-order valence-corrected chi connectivity index (χ4v) is 5.09. The van der Waals surface area contributed by atoms with Gasteiger partial charge in [0.2, 0.25) is 6.41 Å². The van der Waals surface area contributed by atoms with Crippen LogP contribution in [-0.2, 0) is 17.9 Å². The molecular weight excluding hydrogens is 444 g/mol. The van der Waals surface area contributed by atoms with Crippen LogP contribution in [0, 0.1) is 0 Å². The Morgan fingerprint density at radius 2 is 1.92 bits per heavy atom. The zero-order valence-corrected chi connectivity index (χ0v) is 21.0. The van der Waals surface area contributed by atoms with Crippen LogP contribution in [0.15, 0.2) is 91.2 Å². The fourth-order valence-electron chi connectivity index (χ4n) is 5.09. The highest BCUT2D eigenvalue weighted by Crippen LogP contribution is 2.24. The van der Waals surface area contributed by atoms with Gasteiger partial charge in [-0.25, -0.2) is 0 Å². The quantitative estimate of drug-likeness (QED) is 0.414. The normalized spacial score (nSPS) is 18.7. The van der Waals surface area contributed by atoms with Gasteiger partial charge in [-0.3, -0.25) is 19.6 Å². The summed E-state index contributed by atoms with van der Waals surface area (Å²) in [6.07, 6.45) is 9.93. The highest BCUT2D eigenvalue weighted by molar-refractivity contribution is 5.78. The molecule has 1 unspecified atom stereocenters. The average molecular weight is 479 g/mol. The molecule has 2 aliphatic rings. The molecule has 2 heterocycles. The Morgan fingerprint density at radius 1 is 1.08 bits per heavy atom. The van der Waals surface area contributed by atoms with Gasteiger partial charge in [-0.2, -0.15) is 0 Å². The maximum absolute atomic E-state index is 12.1. The van der Waals surface area contributed by atoms with Crippen molar-refractivity contribution in [3.63, 3.8) is 0 Å². The van der Waals surface area contributed by atoms with E-state index < -0.39 is 0 Å². The molecule has 1 aliphatic carbocycles. The monoisotopic (exact) mass is 478 g/mol. The van der Waals surface area contributed by atoms with Crippen LogP contribution in [0.4, 0.5) is 0 Å². The van der Waals surface area contributed by atoms with Gasteiger partial charge >= 0.3 is 0 Å². The minimum atomic E-state index is 0.0706. The van der Waals surface area contributed by atoms with Gasteiger partial charge < -0.3 is 4.90 Å². The summed E-state index contributed by atoms with van der Waals surface area (Å²) in [4.78, 5) is 23.3. The predicted octanol–water partition coefficient (Wildman–Crippen LogP) is 5.26. The summed E-state index contributed by atoms with van der Waals surface area (Å²) >= 11 is 0. The van der Waals surface area contributed by atoms with Crippen LogP contribution in [-0.4, -0.2) is 58.8 Å². The second kappa shape index (κ2) is 11.0. The number of piperazine rings is 1. The number of likely N-dealkylation sites (N-methyl/N-ethyl adjacent to an activating group) is 1. The first-order valence-corrected chi connectivity index (χ1v) is 12.7. The first-order chi connectivity index (χ1) is 17.6. The SMILES string of the molecule is C=C(C1CN(Cc2ccc(C3=CCCC=C3)cc2)CCN1C)N(C=O)Cc1ccc2ccccc2n1. The van der Waals surface area contributed by atoms with E-state index in [0.717, 1.165) is 67.7 Å². The zero-order chi connectivity index (χ0) is 24.9. The Balaban J connectivity index is 1.24. The largest absolute Gasteiger partial charge is 0.312 e. The lowest BCUT2D eigenvalue weighted by atomic mass is 9.98. The van der Waals surface area contributed by atoms with Crippen LogP contribution in [0.2, 0.25) is 0 Å². The molecule has 0 radical (unpaired) electrons. The summed E-state index contributed by atoms with van der Waals surface area (Å²) in [6.45, 7) is 8.41. The Hall–Kier alpha value is -3.54. The van der Waals surface area contributed by atoms with Crippen molar-refractivity contribution in [3.8, 4) is 0 Å². The number of rotatable bonds is 8. The number of fused-ring (bicyclic) bond motifs is 1. The number of nitrogens with zero attached hydrogens (tertiary/aromatic N) is 4. The number of carbonyl (C=O) groups is 1. The molecule has 1 aromatic heterocycles. The van der Waals surface area contributed by atoms with E-state index in [4.69, 9.17) is 4.98 Å². The number of amides is 1. The summed E-state index contributed by atoms with van der Waals surface area (Å²) in [5.74, 6) is 0. The number of hydrogen-bond donors (Lipinski definition) is 0. The Labute approximate surface area is 214 Å². The van der Waals surface area contributed by atoms with Gasteiger partial charge in [0.25, 0.3) is 0 Å². The van der Waals surface area contributed by atoms with Gasteiger partial charge in [0, 0.05) is 37.3 Å². The van der Waals surface area contributed by atoms with E-state index in [-0.39, 0.29) is 6.04 Å². The molecule has 0 N–H and O–H groups in total. The molecule has 5 heteroatoms. The maximum atomic E-state index is 12.1. The first kappa shape index (κ1) is 24.2. The minimum Gasteiger partial charge on any atom is -0.312 e. The second-order valence-electron chi connectivity index (χ2n) is 9.79. The fraction of sp³-hybridized carbons (Fsp3) is 0.290. The first-order valence-electron chi connectivity index (χ1n) is 12.7. The highest BCUT2D eigenvalue weighted by Gasteiger charge is 2.29. The van der Waals surface area contributed by atoms with Gasteiger partial charge in [0.1, 0.15) is 0 Å². The lowest BCUT2D eigenvalue weighted by Crippen LogP contribution is -2.53. The number of hydrogen-bond acceptors (Lipinski definition) is 4. The van der Waals surface area contributed by atoms with Crippen LogP contribution >= 0.6 is 0 Å². The van der Waals surface area contributed by atoms with Crippen molar-refractivity contribution in [2.75, 3.05) is 26.7 Å². The Kier molecular flexibility index (Phi) is 7.40.